The van der Waals surface area contributed by atoms with Gasteiger partial charge in [0.05, 0.1) is 11.1 Å². The van der Waals surface area contributed by atoms with Crippen LogP contribution in [0.1, 0.15) is 27.1 Å². The van der Waals surface area contributed by atoms with Crippen LogP contribution in [0.4, 0.5) is 0 Å². The third-order valence-electron chi connectivity index (χ3n) is 2.72. The van der Waals surface area contributed by atoms with Gasteiger partial charge in [-0.2, -0.15) is 0 Å². The van der Waals surface area contributed by atoms with Crippen molar-refractivity contribution >= 4 is 51.1 Å². The van der Waals surface area contributed by atoms with E-state index in [0.717, 1.165) is 0 Å². The molecule has 0 spiro atoms. The molecule has 0 aromatic heterocycles. The SMILES string of the molecule is O=C1c2ccccc2C(=O)N1CCC[Si](Cl)(Cl)Cl. The number of hydrogen-bond donors (Lipinski definition) is 0. The number of carbonyl (C=O) groups is 2. The fourth-order valence-electron chi connectivity index (χ4n) is 1.88. The lowest BCUT2D eigenvalue weighted by Gasteiger charge is -2.14. The summed E-state index contributed by atoms with van der Waals surface area (Å²) < 4.78 is 0. The van der Waals surface area contributed by atoms with E-state index >= 15 is 0 Å². The Balaban J connectivity index is 2.05. The van der Waals surface area contributed by atoms with Crippen molar-refractivity contribution in [1.29, 1.82) is 0 Å². The van der Waals surface area contributed by atoms with Gasteiger partial charge in [0.1, 0.15) is 0 Å². The van der Waals surface area contributed by atoms with Gasteiger partial charge in [-0.1, -0.05) is 12.1 Å². The average Bonchev–Trinajstić information content (AvgIpc) is 2.53. The minimum Gasteiger partial charge on any atom is -0.274 e. The first kappa shape index (κ1) is 13.9. The van der Waals surface area contributed by atoms with E-state index in [1.165, 1.54) is 4.90 Å². The maximum atomic E-state index is 12.0. The molecule has 1 aliphatic heterocycles. The maximum absolute atomic E-state index is 12.0. The first-order valence-corrected chi connectivity index (χ1v) is 10.7. The van der Waals surface area contributed by atoms with Crippen LogP contribution in [0.2, 0.25) is 6.04 Å². The average molecular weight is 323 g/mol. The van der Waals surface area contributed by atoms with E-state index in [0.29, 0.717) is 30.1 Å². The van der Waals surface area contributed by atoms with E-state index in [4.69, 9.17) is 33.2 Å². The molecule has 0 bridgehead atoms. The van der Waals surface area contributed by atoms with E-state index in [1.807, 2.05) is 0 Å². The van der Waals surface area contributed by atoms with Crippen molar-refractivity contribution in [3.05, 3.63) is 35.4 Å². The Kier molecular flexibility index (Phi) is 4.01. The summed E-state index contributed by atoms with van der Waals surface area (Å²) in [5, 5.41) is 0. The van der Waals surface area contributed by atoms with Crippen molar-refractivity contribution in [2.45, 2.75) is 12.5 Å². The van der Waals surface area contributed by atoms with Gasteiger partial charge in [-0.05, 0) is 24.6 Å². The van der Waals surface area contributed by atoms with Crippen LogP contribution in [-0.2, 0) is 0 Å². The van der Waals surface area contributed by atoms with Crippen molar-refractivity contribution < 1.29 is 9.59 Å². The number of hydrogen-bond acceptors (Lipinski definition) is 2. The molecular formula is C11H10Cl3NO2Si. The molecular weight excluding hydrogens is 313 g/mol. The molecule has 0 unspecified atom stereocenters. The molecule has 1 aliphatic rings. The second-order valence-corrected chi connectivity index (χ2v) is 13.3. The molecule has 0 atom stereocenters. The van der Waals surface area contributed by atoms with E-state index < -0.39 is 6.00 Å². The monoisotopic (exact) mass is 321 g/mol. The van der Waals surface area contributed by atoms with Crippen molar-refractivity contribution in [2.24, 2.45) is 0 Å². The third-order valence-corrected chi connectivity index (χ3v) is 5.34. The standard InChI is InChI=1S/C11H10Cl3NO2Si/c12-18(13,14)7-3-6-15-10(16)8-4-1-2-5-9(8)11(15)17/h1-2,4-5H,3,6-7H2. The van der Waals surface area contributed by atoms with Crippen LogP contribution >= 0.6 is 33.2 Å². The zero-order valence-electron chi connectivity index (χ0n) is 9.33. The summed E-state index contributed by atoms with van der Waals surface area (Å²) in [6.07, 6.45) is 0.522. The molecule has 3 nitrogen and oxygen atoms in total. The summed E-state index contributed by atoms with van der Waals surface area (Å²) in [6, 6.07) is 4.53. The minimum atomic E-state index is -2.69. The highest BCUT2D eigenvalue weighted by molar-refractivity contribution is 7.64. The van der Waals surface area contributed by atoms with Gasteiger partial charge in [0, 0.05) is 6.54 Å². The quantitative estimate of drug-likeness (QED) is 0.484. The number of nitrogens with zero attached hydrogens (tertiary/aromatic N) is 1. The molecule has 18 heavy (non-hydrogen) atoms. The van der Waals surface area contributed by atoms with Crippen LogP contribution in [-0.4, -0.2) is 29.3 Å². The number of amides is 2. The van der Waals surface area contributed by atoms with Crippen LogP contribution in [0, 0.1) is 0 Å². The Bertz CT molecular complexity index is 466. The van der Waals surface area contributed by atoms with Gasteiger partial charge in [-0.15, -0.1) is 33.2 Å². The van der Waals surface area contributed by atoms with Gasteiger partial charge in [-0.3, -0.25) is 14.5 Å². The van der Waals surface area contributed by atoms with Crippen molar-refractivity contribution in [1.82, 2.24) is 4.90 Å². The molecule has 1 aromatic carbocycles. The van der Waals surface area contributed by atoms with Crippen LogP contribution in [0.15, 0.2) is 24.3 Å². The Morgan fingerprint density at radius 2 is 1.50 bits per heavy atom. The van der Waals surface area contributed by atoms with Gasteiger partial charge >= 0.3 is 6.00 Å². The Morgan fingerprint density at radius 1 is 1.00 bits per heavy atom. The number of halogens is 3. The van der Waals surface area contributed by atoms with Gasteiger partial charge in [0.25, 0.3) is 11.8 Å². The summed E-state index contributed by atoms with van der Waals surface area (Å²) in [5.74, 6) is -0.525. The van der Waals surface area contributed by atoms with Crippen LogP contribution in [0.3, 0.4) is 0 Å². The summed E-state index contributed by atoms with van der Waals surface area (Å²) in [4.78, 5) is 25.2. The third kappa shape index (κ3) is 2.88. The summed E-state index contributed by atoms with van der Waals surface area (Å²) in [5.41, 5.74) is 0.905. The molecule has 1 heterocycles. The zero-order chi connectivity index (χ0) is 13.3. The second-order valence-electron chi connectivity index (χ2n) is 4.03. The highest BCUT2D eigenvalue weighted by Crippen LogP contribution is 2.28. The number of imide groups is 1. The normalized spacial score (nSPS) is 15.2. The summed E-state index contributed by atoms with van der Waals surface area (Å²) in [6.45, 7) is 0.299. The molecule has 0 saturated carbocycles. The number of rotatable bonds is 4. The predicted octanol–water partition coefficient (Wildman–Crippen LogP) is 3.33. The maximum Gasteiger partial charge on any atom is 0.341 e. The molecule has 0 radical (unpaired) electrons. The van der Waals surface area contributed by atoms with E-state index in [1.54, 1.807) is 24.3 Å². The minimum absolute atomic E-state index is 0.262. The molecule has 0 saturated heterocycles. The Morgan fingerprint density at radius 3 is 1.94 bits per heavy atom. The highest BCUT2D eigenvalue weighted by Gasteiger charge is 2.35. The van der Waals surface area contributed by atoms with Crippen molar-refractivity contribution in [3.8, 4) is 0 Å². The lowest BCUT2D eigenvalue weighted by atomic mass is 10.1. The molecule has 0 N–H and O–H groups in total. The lowest BCUT2D eigenvalue weighted by Crippen LogP contribution is -2.31. The molecule has 2 rings (SSSR count). The van der Waals surface area contributed by atoms with Crippen LogP contribution in [0.25, 0.3) is 0 Å². The van der Waals surface area contributed by atoms with E-state index in [2.05, 4.69) is 0 Å². The predicted molar refractivity (Wildman–Crippen MR) is 74.5 cm³/mol. The molecule has 1 aromatic rings. The zero-order valence-corrected chi connectivity index (χ0v) is 12.6. The van der Waals surface area contributed by atoms with Crippen molar-refractivity contribution in [2.75, 3.05) is 6.54 Å². The van der Waals surface area contributed by atoms with Gasteiger partial charge < -0.3 is 0 Å². The highest BCUT2D eigenvalue weighted by atomic mass is 35.8. The van der Waals surface area contributed by atoms with Gasteiger partial charge in [-0.25, -0.2) is 0 Å². The Labute approximate surface area is 120 Å². The van der Waals surface area contributed by atoms with E-state index in [-0.39, 0.29) is 11.8 Å². The Hall–Kier alpha value is -0.553. The molecule has 7 heteroatoms. The second kappa shape index (κ2) is 5.21. The number of benzene rings is 1. The van der Waals surface area contributed by atoms with Gasteiger partial charge in [0.15, 0.2) is 0 Å². The topological polar surface area (TPSA) is 37.4 Å². The van der Waals surface area contributed by atoms with Gasteiger partial charge in [0.2, 0.25) is 0 Å². The molecule has 0 fully saturated rings. The molecule has 0 aliphatic carbocycles. The number of fused-ring (bicyclic) bond motifs is 1. The summed E-state index contributed by atoms with van der Waals surface area (Å²) in [7, 11) is 0. The van der Waals surface area contributed by atoms with Crippen molar-refractivity contribution in [3.63, 3.8) is 0 Å². The summed E-state index contributed by atoms with van der Waals surface area (Å²) >= 11 is 17.3. The first-order valence-electron chi connectivity index (χ1n) is 5.42. The van der Waals surface area contributed by atoms with Crippen LogP contribution in [0.5, 0.6) is 0 Å². The molecule has 2 amide bonds. The molecule has 96 valence electrons. The largest absolute Gasteiger partial charge is 0.341 e. The fourth-order valence-corrected chi connectivity index (χ4v) is 3.64. The smallest absolute Gasteiger partial charge is 0.274 e. The number of carbonyl (C=O) groups excluding carboxylic acids is 2. The van der Waals surface area contributed by atoms with Crippen LogP contribution < -0.4 is 0 Å². The first-order chi connectivity index (χ1) is 8.40. The lowest BCUT2D eigenvalue weighted by molar-refractivity contribution is 0.0654. The van der Waals surface area contributed by atoms with E-state index in [9.17, 15) is 9.59 Å². The fraction of sp³-hybridized carbons (Fsp3) is 0.273.